The maximum absolute atomic E-state index is 14.1. The van der Waals surface area contributed by atoms with E-state index in [1.165, 1.54) is 6.07 Å². The van der Waals surface area contributed by atoms with E-state index in [-0.39, 0.29) is 11.4 Å². The smallest absolute Gasteiger partial charge is 0.417 e. The highest BCUT2D eigenvalue weighted by atomic mass is 19.4. The highest BCUT2D eigenvalue weighted by Crippen LogP contribution is 2.45. The van der Waals surface area contributed by atoms with Crippen molar-refractivity contribution in [2.45, 2.75) is 57.7 Å². The van der Waals surface area contributed by atoms with Crippen LogP contribution in [0.3, 0.4) is 0 Å². The quantitative estimate of drug-likeness (QED) is 0.495. The van der Waals surface area contributed by atoms with Crippen LogP contribution in [-0.4, -0.2) is 27.0 Å². The average Bonchev–Trinajstić information content (AvgIpc) is 3.04. The van der Waals surface area contributed by atoms with Gasteiger partial charge in [0.05, 0.1) is 11.6 Å². The van der Waals surface area contributed by atoms with E-state index in [0.29, 0.717) is 22.0 Å². The summed E-state index contributed by atoms with van der Waals surface area (Å²) in [5, 5.41) is 30.9. The number of phenolic OH excluding ortho intramolecular Hbond substituents is 1. The molecule has 0 radical (unpaired) electrons. The molecular weight excluding hydrogens is 405 g/mol. The number of nitrogens with zero attached hydrogens (tertiary/aromatic N) is 1. The molecule has 0 saturated carbocycles. The number of aromatic amines is 1. The fourth-order valence-electron chi connectivity index (χ4n) is 4.23. The number of nitrogens with one attached hydrogen (secondary N) is 1. The minimum absolute atomic E-state index is 0.106. The van der Waals surface area contributed by atoms with Crippen LogP contribution in [0.1, 0.15) is 48.2 Å². The van der Waals surface area contributed by atoms with Crippen molar-refractivity contribution in [2.24, 2.45) is 0 Å². The van der Waals surface area contributed by atoms with Gasteiger partial charge in [0.15, 0.2) is 5.60 Å². The summed E-state index contributed by atoms with van der Waals surface area (Å²) in [4.78, 5) is 2.92. The van der Waals surface area contributed by atoms with Gasteiger partial charge in [-0.05, 0) is 61.1 Å². The number of nitriles is 1. The molecule has 0 bridgehead atoms. The molecule has 7 heteroatoms. The first-order valence-electron chi connectivity index (χ1n) is 9.87. The van der Waals surface area contributed by atoms with E-state index in [9.17, 15) is 23.4 Å². The van der Waals surface area contributed by atoms with Gasteiger partial charge in [-0.25, -0.2) is 0 Å². The molecule has 4 nitrogen and oxygen atoms in total. The summed E-state index contributed by atoms with van der Waals surface area (Å²) >= 11 is 0. The van der Waals surface area contributed by atoms with Crippen LogP contribution in [0.5, 0.6) is 5.75 Å². The minimum Gasteiger partial charge on any atom is -0.508 e. The van der Waals surface area contributed by atoms with E-state index in [2.05, 4.69) is 4.98 Å². The normalized spacial score (nSPS) is 14.4. The Balaban J connectivity index is 2.02. The Kier molecular flexibility index (Phi) is 5.57. The Morgan fingerprint density at radius 2 is 1.74 bits per heavy atom. The zero-order valence-corrected chi connectivity index (χ0v) is 17.9. The Morgan fingerprint density at radius 3 is 2.35 bits per heavy atom. The maximum Gasteiger partial charge on any atom is 0.417 e. The lowest BCUT2D eigenvalue weighted by Gasteiger charge is -2.38. The summed E-state index contributed by atoms with van der Waals surface area (Å²) in [6.45, 7) is 6.72. The number of aromatic hydroxyl groups is 1. The van der Waals surface area contributed by atoms with E-state index in [0.717, 1.165) is 11.1 Å². The molecule has 1 heterocycles. The Bertz CT molecular complexity index is 1170. The molecule has 31 heavy (non-hydrogen) atoms. The number of hydrogen-bond acceptors (Lipinski definition) is 3. The van der Waals surface area contributed by atoms with E-state index in [4.69, 9.17) is 5.26 Å². The zero-order valence-electron chi connectivity index (χ0n) is 17.9. The molecule has 0 saturated heterocycles. The first-order valence-corrected chi connectivity index (χ1v) is 9.87. The molecule has 2 aromatic carbocycles. The van der Waals surface area contributed by atoms with Crippen LogP contribution < -0.4 is 0 Å². The highest BCUT2D eigenvalue weighted by molar-refractivity contribution is 5.85. The summed E-state index contributed by atoms with van der Waals surface area (Å²) in [5.74, 6) is -0.106. The molecule has 0 amide bonds. The molecule has 1 aromatic heterocycles. The molecule has 0 aliphatic heterocycles. The second-order valence-electron chi connectivity index (χ2n) is 8.95. The lowest BCUT2D eigenvalue weighted by molar-refractivity contribution is -0.266. The molecule has 0 fully saturated rings. The fourth-order valence-corrected chi connectivity index (χ4v) is 4.23. The van der Waals surface area contributed by atoms with Crippen molar-refractivity contribution in [2.75, 3.05) is 0 Å². The van der Waals surface area contributed by atoms with Gasteiger partial charge < -0.3 is 15.2 Å². The number of H-pyrrole nitrogens is 1. The molecule has 164 valence electrons. The van der Waals surface area contributed by atoms with Gasteiger partial charge in [0, 0.05) is 23.0 Å². The summed E-state index contributed by atoms with van der Waals surface area (Å²) in [7, 11) is 0. The standard InChI is InChI=1S/C24H25F3N2O2/c1-14-5-6-21(30)19(7-14)22(3,4)13-23(31,24(25,26)27)11-17-10-18-15(2)8-16(12-28)9-20(18)29-17/h5-10,29-31H,11,13H2,1-4H3. The lowest BCUT2D eigenvalue weighted by Crippen LogP contribution is -2.50. The Labute approximate surface area is 179 Å². The maximum atomic E-state index is 14.1. The number of benzene rings is 2. The topological polar surface area (TPSA) is 80.0 Å². The number of fused-ring (bicyclic) bond motifs is 1. The van der Waals surface area contributed by atoms with Gasteiger partial charge in [0.1, 0.15) is 5.75 Å². The van der Waals surface area contributed by atoms with Crippen LogP contribution in [0.4, 0.5) is 13.2 Å². The van der Waals surface area contributed by atoms with Gasteiger partial charge in [0.25, 0.3) is 0 Å². The molecule has 0 aliphatic carbocycles. The number of hydrogen-bond donors (Lipinski definition) is 3. The molecule has 1 unspecified atom stereocenters. The van der Waals surface area contributed by atoms with E-state index in [1.54, 1.807) is 58.0 Å². The monoisotopic (exact) mass is 430 g/mol. The molecule has 3 N–H and O–H groups in total. The summed E-state index contributed by atoms with van der Waals surface area (Å²) in [6.07, 6.45) is -6.21. The van der Waals surface area contributed by atoms with Crippen molar-refractivity contribution in [1.29, 1.82) is 5.26 Å². The summed E-state index contributed by atoms with van der Waals surface area (Å²) < 4.78 is 42.3. The lowest BCUT2D eigenvalue weighted by atomic mass is 9.73. The first-order chi connectivity index (χ1) is 14.3. The van der Waals surface area contributed by atoms with Gasteiger partial charge in [-0.15, -0.1) is 0 Å². The number of phenols is 1. The Hall–Kier alpha value is -2.98. The first kappa shape index (κ1) is 22.7. The van der Waals surface area contributed by atoms with E-state index >= 15 is 0 Å². The van der Waals surface area contributed by atoms with Gasteiger partial charge in [-0.2, -0.15) is 18.4 Å². The SMILES string of the molecule is Cc1ccc(O)c(C(C)(C)CC(O)(Cc2cc3c(C)cc(C#N)cc3[nH]2)C(F)(F)F)c1. The van der Waals surface area contributed by atoms with Crippen molar-refractivity contribution in [1.82, 2.24) is 4.98 Å². The molecule has 0 spiro atoms. The third-order valence-corrected chi connectivity index (χ3v) is 5.76. The van der Waals surface area contributed by atoms with Crippen LogP contribution in [0.25, 0.3) is 10.9 Å². The average molecular weight is 430 g/mol. The molecule has 3 rings (SSSR count). The predicted molar refractivity (Wildman–Crippen MR) is 113 cm³/mol. The largest absolute Gasteiger partial charge is 0.508 e. The summed E-state index contributed by atoms with van der Waals surface area (Å²) in [6, 6.07) is 11.6. The number of aliphatic hydroxyl groups is 1. The van der Waals surface area contributed by atoms with Crippen LogP contribution in [0.15, 0.2) is 36.4 Å². The molecular formula is C24H25F3N2O2. The third kappa shape index (κ3) is 4.40. The molecule has 3 aromatic rings. The second-order valence-corrected chi connectivity index (χ2v) is 8.95. The summed E-state index contributed by atoms with van der Waals surface area (Å²) in [5.41, 5.74) is -1.10. The molecule has 0 aliphatic rings. The predicted octanol–water partition coefficient (Wildman–Crippen LogP) is 5.57. The molecule has 1 atom stereocenters. The number of aromatic nitrogens is 1. The third-order valence-electron chi connectivity index (χ3n) is 5.76. The van der Waals surface area contributed by atoms with Gasteiger partial charge in [-0.3, -0.25) is 0 Å². The van der Waals surface area contributed by atoms with E-state index < -0.39 is 30.0 Å². The zero-order chi connectivity index (χ0) is 23.2. The highest BCUT2D eigenvalue weighted by Gasteiger charge is 2.56. The van der Waals surface area contributed by atoms with Crippen molar-refractivity contribution >= 4 is 10.9 Å². The number of halogens is 3. The van der Waals surface area contributed by atoms with Crippen LogP contribution in [0, 0.1) is 25.2 Å². The van der Waals surface area contributed by atoms with Gasteiger partial charge in [-0.1, -0.05) is 31.5 Å². The van der Waals surface area contributed by atoms with E-state index in [1.807, 2.05) is 6.07 Å². The Morgan fingerprint density at radius 1 is 1.06 bits per heavy atom. The number of alkyl halides is 3. The van der Waals surface area contributed by atoms with Crippen molar-refractivity contribution in [3.63, 3.8) is 0 Å². The van der Waals surface area contributed by atoms with Crippen LogP contribution in [-0.2, 0) is 11.8 Å². The number of aryl methyl sites for hydroxylation is 2. The van der Waals surface area contributed by atoms with Crippen molar-refractivity contribution < 1.29 is 23.4 Å². The number of rotatable bonds is 5. The van der Waals surface area contributed by atoms with Crippen LogP contribution >= 0.6 is 0 Å². The second kappa shape index (κ2) is 7.61. The van der Waals surface area contributed by atoms with Crippen LogP contribution in [0.2, 0.25) is 0 Å². The minimum atomic E-state index is -4.89. The van der Waals surface area contributed by atoms with Gasteiger partial charge in [0.2, 0.25) is 0 Å². The van der Waals surface area contributed by atoms with Crippen molar-refractivity contribution in [3.8, 4) is 11.8 Å². The fraction of sp³-hybridized carbons (Fsp3) is 0.375. The van der Waals surface area contributed by atoms with Crippen molar-refractivity contribution in [3.05, 3.63) is 64.3 Å². The van der Waals surface area contributed by atoms with Gasteiger partial charge >= 0.3 is 6.18 Å².